The number of urea groups is 1. The fourth-order valence-electron chi connectivity index (χ4n) is 2.15. The Hall–Kier alpha value is -1.30. The molecule has 0 saturated heterocycles. The van der Waals surface area contributed by atoms with E-state index in [1.54, 1.807) is 25.7 Å². The molecule has 6 heteroatoms. The molecule has 6 nitrogen and oxygen atoms in total. The van der Waals surface area contributed by atoms with Crippen LogP contribution in [0.15, 0.2) is 0 Å². The normalized spacial score (nSPS) is 11.6. The van der Waals surface area contributed by atoms with Crippen molar-refractivity contribution in [2.45, 2.75) is 59.0 Å². The lowest BCUT2D eigenvalue weighted by Gasteiger charge is -2.40. The maximum absolute atomic E-state index is 12.7. The summed E-state index contributed by atoms with van der Waals surface area (Å²) in [5.74, 6) is -1.04. The zero-order chi connectivity index (χ0) is 15.9. The van der Waals surface area contributed by atoms with E-state index >= 15 is 0 Å². The van der Waals surface area contributed by atoms with Gasteiger partial charge in [0.05, 0.1) is 6.61 Å². The number of aliphatic hydroxyl groups excluding tert-OH is 1. The van der Waals surface area contributed by atoms with Crippen LogP contribution in [0, 0.1) is 0 Å². The number of amides is 2. The summed E-state index contributed by atoms with van der Waals surface area (Å²) in [7, 11) is 0. The number of carbonyl (C=O) groups excluding carboxylic acids is 1. The van der Waals surface area contributed by atoms with Crippen molar-refractivity contribution in [2.75, 3.05) is 19.7 Å². The van der Waals surface area contributed by atoms with Gasteiger partial charge in [0.1, 0.15) is 6.54 Å². The third kappa shape index (κ3) is 5.36. The molecule has 0 aromatic carbocycles. The molecule has 0 aliphatic carbocycles. The van der Waals surface area contributed by atoms with Gasteiger partial charge in [-0.2, -0.15) is 0 Å². The van der Waals surface area contributed by atoms with E-state index in [0.29, 0.717) is 0 Å². The number of nitrogens with zero attached hydrogens (tertiary/aromatic N) is 2. The maximum atomic E-state index is 12.7. The average molecular weight is 288 g/mol. The van der Waals surface area contributed by atoms with Crippen LogP contribution < -0.4 is 0 Å². The number of hydrogen-bond acceptors (Lipinski definition) is 3. The first-order valence-electron chi connectivity index (χ1n) is 7.09. The van der Waals surface area contributed by atoms with Crippen LogP contribution in [0.2, 0.25) is 0 Å². The van der Waals surface area contributed by atoms with Crippen molar-refractivity contribution in [1.82, 2.24) is 9.80 Å². The number of aliphatic hydroxyl groups is 1. The van der Waals surface area contributed by atoms with E-state index < -0.39 is 11.5 Å². The Kier molecular flexibility index (Phi) is 7.57. The summed E-state index contributed by atoms with van der Waals surface area (Å²) in [5, 5.41) is 18.2. The van der Waals surface area contributed by atoms with E-state index in [2.05, 4.69) is 0 Å². The van der Waals surface area contributed by atoms with Crippen molar-refractivity contribution in [3.8, 4) is 0 Å². The Morgan fingerprint density at radius 2 is 1.65 bits per heavy atom. The average Bonchev–Trinajstić information content (AvgIpc) is 2.34. The van der Waals surface area contributed by atoms with Crippen molar-refractivity contribution in [2.24, 2.45) is 0 Å². The third-order valence-corrected chi connectivity index (χ3v) is 3.30. The number of rotatable bonds is 7. The largest absolute Gasteiger partial charge is 0.480 e. The number of carboxylic acids is 1. The highest BCUT2D eigenvalue weighted by molar-refractivity contribution is 5.81. The zero-order valence-corrected chi connectivity index (χ0v) is 13.2. The lowest BCUT2D eigenvalue weighted by molar-refractivity contribution is -0.138. The second-order valence-corrected chi connectivity index (χ2v) is 5.82. The highest BCUT2D eigenvalue weighted by atomic mass is 16.4. The van der Waals surface area contributed by atoms with Gasteiger partial charge in [0.15, 0.2) is 0 Å². The van der Waals surface area contributed by atoms with Gasteiger partial charge < -0.3 is 20.0 Å². The van der Waals surface area contributed by atoms with Gasteiger partial charge in [0.25, 0.3) is 0 Å². The molecule has 0 rings (SSSR count). The van der Waals surface area contributed by atoms with Crippen LogP contribution >= 0.6 is 0 Å². The molecule has 118 valence electrons. The van der Waals surface area contributed by atoms with Crippen molar-refractivity contribution >= 4 is 12.0 Å². The van der Waals surface area contributed by atoms with E-state index in [1.807, 2.05) is 13.8 Å². The van der Waals surface area contributed by atoms with Gasteiger partial charge in [-0.1, -0.05) is 13.8 Å². The minimum atomic E-state index is -1.04. The highest BCUT2D eigenvalue weighted by Crippen LogP contribution is 2.19. The Balaban J connectivity index is 5.29. The van der Waals surface area contributed by atoms with Crippen LogP contribution in [0.3, 0.4) is 0 Å². The molecule has 2 amide bonds. The van der Waals surface area contributed by atoms with Crippen LogP contribution in [0.1, 0.15) is 47.5 Å². The molecule has 0 fully saturated rings. The Labute approximate surface area is 121 Å². The van der Waals surface area contributed by atoms with Gasteiger partial charge in [-0.25, -0.2) is 4.79 Å². The van der Waals surface area contributed by atoms with Gasteiger partial charge in [0.2, 0.25) is 0 Å². The van der Waals surface area contributed by atoms with Gasteiger partial charge in [-0.05, 0) is 33.6 Å². The summed E-state index contributed by atoms with van der Waals surface area (Å²) < 4.78 is 0. The molecule has 0 aromatic rings. The summed E-state index contributed by atoms with van der Waals surface area (Å²) in [6.45, 7) is 9.11. The first kappa shape index (κ1) is 18.7. The summed E-state index contributed by atoms with van der Waals surface area (Å²) in [6, 6.07) is -0.323. The lowest BCUT2D eigenvalue weighted by Crippen LogP contribution is -2.56. The Morgan fingerprint density at radius 1 is 1.15 bits per heavy atom. The molecule has 0 atom stereocenters. The Morgan fingerprint density at radius 3 is 1.95 bits per heavy atom. The molecule has 0 aliphatic heterocycles. The van der Waals surface area contributed by atoms with Crippen molar-refractivity contribution in [3.05, 3.63) is 0 Å². The minimum absolute atomic E-state index is 0.00768. The molecule has 0 spiro atoms. The number of hydrogen-bond donors (Lipinski definition) is 2. The smallest absolute Gasteiger partial charge is 0.323 e. The molecule has 2 N–H and O–H groups in total. The molecular weight excluding hydrogens is 260 g/mol. The fourth-order valence-corrected chi connectivity index (χ4v) is 2.15. The molecule has 20 heavy (non-hydrogen) atoms. The quantitative estimate of drug-likeness (QED) is 0.748. The summed E-state index contributed by atoms with van der Waals surface area (Å²) in [5.41, 5.74) is -0.588. The van der Waals surface area contributed by atoms with Crippen molar-refractivity contribution < 1.29 is 19.8 Å². The number of aliphatic carboxylic acids is 1. The predicted molar refractivity (Wildman–Crippen MR) is 77.7 cm³/mol. The molecule has 0 aliphatic rings. The molecule has 0 aromatic heterocycles. The van der Waals surface area contributed by atoms with Crippen LogP contribution in [0.5, 0.6) is 0 Å². The molecule has 0 radical (unpaired) electrons. The van der Waals surface area contributed by atoms with Crippen LogP contribution in [-0.2, 0) is 4.79 Å². The standard InChI is InChI=1S/C14H28N2O4/c1-6-11(7-2)15(8-9-17)13(20)16(10-12(18)19)14(3,4)5/h11,17H,6-10H2,1-5H3,(H,18,19). The lowest BCUT2D eigenvalue weighted by atomic mass is 10.1. The summed E-state index contributed by atoms with van der Waals surface area (Å²) in [6.07, 6.45) is 1.54. The van der Waals surface area contributed by atoms with Crippen LogP contribution in [0.4, 0.5) is 4.79 Å². The van der Waals surface area contributed by atoms with Crippen molar-refractivity contribution in [1.29, 1.82) is 0 Å². The summed E-state index contributed by atoms with van der Waals surface area (Å²) >= 11 is 0. The Bertz CT molecular complexity index is 322. The second kappa shape index (κ2) is 8.09. The van der Waals surface area contributed by atoms with Crippen LogP contribution in [0.25, 0.3) is 0 Å². The van der Waals surface area contributed by atoms with E-state index in [4.69, 9.17) is 10.2 Å². The fraction of sp³-hybridized carbons (Fsp3) is 0.857. The summed E-state index contributed by atoms with van der Waals surface area (Å²) in [4.78, 5) is 26.6. The van der Waals surface area contributed by atoms with E-state index in [0.717, 1.165) is 12.8 Å². The first-order chi connectivity index (χ1) is 9.18. The number of carboxylic acid groups (broad SMARTS) is 1. The highest BCUT2D eigenvalue weighted by Gasteiger charge is 2.33. The predicted octanol–water partition coefficient (Wildman–Crippen LogP) is 1.77. The third-order valence-electron chi connectivity index (χ3n) is 3.30. The first-order valence-corrected chi connectivity index (χ1v) is 7.09. The van der Waals surface area contributed by atoms with Gasteiger partial charge in [0, 0.05) is 18.1 Å². The molecule has 0 bridgehead atoms. The topological polar surface area (TPSA) is 81.1 Å². The molecule has 0 saturated carbocycles. The number of carbonyl (C=O) groups is 2. The van der Waals surface area contributed by atoms with Gasteiger partial charge >= 0.3 is 12.0 Å². The maximum Gasteiger partial charge on any atom is 0.323 e. The monoisotopic (exact) mass is 288 g/mol. The van der Waals surface area contributed by atoms with E-state index in [9.17, 15) is 9.59 Å². The molecular formula is C14H28N2O4. The minimum Gasteiger partial charge on any atom is -0.480 e. The van der Waals surface area contributed by atoms with E-state index in [1.165, 1.54) is 4.90 Å². The molecule has 0 unspecified atom stereocenters. The van der Waals surface area contributed by atoms with Crippen LogP contribution in [-0.4, -0.2) is 63.3 Å². The van der Waals surface area contributed by atoms with Crippen molar-refractivity contribution in [3.63, 3.8) is 0 Å². The van der Waals surface area contributed by atoms with Gasteiger partial charge in [-0.3, -0.25) is 4.79 Å². The SMILES string of the molecule is CCC(CC)N(CCO)C(=O)N(CC(=O)O)C(C)(C)C. The van der Waals surface area contributed by atoms with Gasteiger partial charge in [-0.15, -0.1) is 0 Å². The molecule has 0 heterocycles. The zero-order valence-electron chi connectivity index (χ0n) is 13.2. The van der Waals surface area contributed by atoms with E-state index in [-0.39, 0.29) is 31.8 Å². The second-order valence-electron chi connectivity index (χ2n) is 5.82.